The van der Waals surface area contributed by atoms with Gasteiger partial charge in [-0.25, -0.2) is 18.4 Å². The molecule has 1 aliphatic rings. The highest BCUT2D eigenvalue weighted by molar-refractivity contribution is 7.91. The molecule has 0 N–H and O–H groups in total. The fraction of sp³-hybridized carbons (Fsp3) is 0.333. The molecule has 0 spiro atoms. The highest BCUT2D eigenvalue weighted by atomic mass is 32.2. The predicted octanol–water partition coefficient (Wildman–Crippen LogP) is 4.25. The van der Waals surface area contributed by atoms with Crippen LogP contribution in [0.4, 0.5) is 10.3 Å². The molecule has 156 valence electrons. The van der Waals surface area contributed by atoms with Crippen LogP contribution in [0.5, 0.6) is 0 Å². The zero-order chi connectivity index (χ0) is 21.0. The first-order chi connectivity index (χ1) is 14.3. The van der Waals surface area contributed by atoms with Gasteiger partial charge in [0, 0.05) is 32.4 Å². The van der Waals surface area contributed by atoms with Gasteiger partial charge < -0.3 is 9.80 Å². The van der Waals surface area contributed by atoms with Crippen molar-refractivity contribution in [2.24, 2.45) is 0 Å². The molecule has 3 heterocycles. The quantitative estimate of drug-likeness (QED) is 0.457. The Labute approximate surface area is 183 Å². The highest BCUT2D eigenvalue weighted by Crippen LogP contribution is 2.35. The van der Waals surface area contributed by atoms with Crippen LogP contribution >= 0.6 is 22.7 Å². The van der Waals surface area contributed by atoms with Crippen molar-refractivity contribution < 1.29 is 8.42 Å². The van der Waals surface area contributed by atoms with E-state index < -0.39 is 9.84 Å². The van der Waals surface area contributed by atoms with E-state index in [9.17, 15) is 8.42 Å². The number of hydrogen-bond donors (Lipinski definition) is 0. The Morgan fingerprint density at radius 2 is 1.40 bits per heavy atom. The molecule has 0 atom stereocenters. The maximum absolute atomic E-state index is 12.1. The third-order valence-corrected chi connectivity index (χ3v) is 8.96. The van der Waals surface area contributed by atoms with Gasteiger partial charge in [-0.15, -0.1) is 0 Å². The Kier molecular flexibility index (Phi) is 4.72. The summed E-state index contributed by atoms with van der Waals surface area (Å²) in [4.78, 5) is 14.5. The maximum atomic E-state index is 12.1. The first kappa shape index (κ1) is 19.7. The molecule has 0 unspecified atom stereocenters. The van der Waals surface area contributed by atoms with E-state index in [0.29, 0.717) is 10.4 Å². The zero-order valence-electron chi connectivity index (χ0n) is 17.0. The minimum atomic E-state index is -3.30. The Hall–Kier alpha value is -2.23. The monoisotopic (exact) mass is 458 g/mol. The van der Waals surface area contributed by atoms with Gasteiger partial charge >= 0.3 is 0 Å². The summed E-state index contributed by atoms with van der Waals surface area (Å²) < 4.78 is 26.3. The maximum Gasteiger partial charge on any atom is 0.186 e. The van der Waals surface area contributed by atoms with Gasteiger partial charge in [-0.1, -0.05) is 34.8 Å². The number of para-hydroxylation sites is 1. The number of thiazole rings is 2. The molecular formula is C21H22N4O2S3. The normalized spacial score (nSPS) is 15.4. The first-order valence-electron chi connectivity index (χ1n) is 9.77. The number of aromatic nitrogens is 2. The largest absolute Gasteiger partial charge is 0.345 e. The molecule has 2 aromatic heterocycles. The van der Waals surface area contributed by atoms with E-state index in [4.69, 9.17) is 9.97 Å². The number of rotatable bonds is 3. The molecule has 1 fully saturated rings. The predicted molar refractivity (Wildman–Crippen MR) is 126 cm³/mol. The zero-order valence-corrected chi connectivity index (χ0v) is 19.5. The molecule has 6 nitrogen and oxygen atoms in total. The van der Waals surface area contributed by atoms with Gasteiger partial charge in [-0.3, -0.25) is 0 Å². The molecule has 9 heteroatoms. The van der Waals surface area contributed by atoms with E-state index in [1.807, 2.05) is 6.07 Å². The van der Waals surface area contributed by atoms with Crippen LogP contribution in [0, 0.1) is 13.8 Å². The molecule has 0 amide bonds. The lowest BCUT2D eigenvalue weighted by atomic mass is 10.1. The minimum Gasteiger partial charge on any atom is -0.345 e. The van der Waals surface area contributed by atoms with Gasteiger partial charge in [0.15, 0.2) is 20.1 Å². The smallest absolute Gasteiger partial charge is 0.186 e. The van der Waals surface area contributed by atoms with E-state index in [-0.39, 0.29) is 0 Å². The van der Waals surface area contributed by atoms with E-state index in [1.54, 1.807) is 34.8 Å². The Morgan fingerprint density at radius 3 is 2.00 bits per heavy atom. The van der Waals surface area contributed by atoms with Crippen molar-refractivity contribution in [3.63, 3.8) is 0 Å². The van der Waals surface area contributed by atoms with E-state index in [0.717, 1.165) is 46.7 Å². The number of benzene rings is 2. The van der Waals surface area contributed by atoms with Crippen molar-refractivity contribution in [1.29, 1.82) is 0 Å². The van der Waals surface area contributed by atoms with Crippen molar-refractivity contribution in [3.05, 3.63) is 41.5 Å². The van der Waals surface area contributed by atoms with Crippen molar-refractivity contribution in [2.75, 3.05) is 42.2 Å². The molecule has 0 bridgehead atoms. The van der Waals surface area contributed by atoms with Gasteiger partial charge in [0.1, 0.15) is 5.52 Å². The van der Waals surface area contributed by atoms with Gasteiger partial charge in [-0.2, -0.15) is 0 Å². The summed E-state index contributed by atoms with van der Waals surface area (Å²) >= 11 is 3.31. The van der Waals surface area contributed by atoms with Gasteiger partial charge in [-0.05, 0) is 43.2 Å². The number of aryl methyl sites for hydroxylation is 2. The van der Waals surface area contributed by atoms with Crippen LogP contribution in [0.3, 0.4) is 0 Å². The van der Waals surface area contributed by atoms with Crippen LogP contribution in [0.2, 0.25) is 0 Å². The topological polar surface area (TPSA) is 66.4 Å². The number of hydrogen-bond acceptors (Lipinski definition) is 8. The summed E-state index contributed by atoms with van der Waals surface area (Å²) in [7, 11) is -3.30. The average molecular weight is 459 g/mol. The third kappa shape index (κ3) is 3.34. The van der Waals surface area contributed by atoms with Crippen LogP contribution in [0.15, 0.2) is 35.2 Å². The number of sulfone groups is 1. The molecule has 0 saturated carbocycles. The van der Waals surface area contributed by atoms with Crippen LogP contribution in [0.1, 0.15) is 11.1 Å². The van der Waals surface area contributed by atoms with Gasteiger partial charge in [0.05, 0.1) is 19.8 Å². The number of piperazine rings is 1. The van der Waals surface area contributed by atoms with Gasteiger partial charge in [0.25, 0.3) is 0 Å². The van der Waals surface area contributed by atoms with Crippen LogP contribution in [-0.4, -0.2) is 50.8 Å². The molecular weight excluding hydrogens is 436 g/mol. The number of fused-ring (bicyclic) bond motifs is 2. The van der Waals surface area contributed by atoms with Crippen molar-refractivity contribution in [2.45, 2.75) is 18.7 Å². The molecule has 5 rings (SSSR count). The highest BCUT2D eigenvalue weighted by Gasteiger charge is 2.24. The fourth-order valence-corrected chi connectivity index (χ4v) is 6.80. The molecule has 0 radical (unpaired) electrons. The third-order valence-electron chi connectivity index (χ3n) is 5.66. The lowest BCUT2D eigenvalue weighted by molar-refractivity contribution is 0.602. The van der Waals surface area contributed by atoms with Crippen LogP contribution < -0.4 is 9.80 Å². The molecule has 1 saturated heterocycles. The summed E-state index contributed by atoms with van der Waals surface area (Å²) in [5.74, 6) is 0. The standard InChI is InChI=1S/C21H22N4O2S3/c1-13-7-8-16-18(14(13)2)22-20(29-16)24-9-11-25(12-10-24)21-23-19-15(28-21)5-4-6-17(19)30(3,26)27/h4-8H,9-12H2,1-3H3. The Morgan fingerprint density at radius 1 is 0.833 bits per heavy atom. The average Bonchev–Trinajstić information content (AvgIpc) is 3.34. The SMILES string of the molecule is Cc1ccc2sc(N3CCN(c4nc5c(S(C)(=O)=O)cccc5s4)CC3)nc2c1C. The van der Waals surface area contributed by atoms with Crippen molar-refractivity contribution >= 4 is 63.2 Å². The van der Waals surface area contributed by atoms with Gasteiger partial charge in [0.2, 0.25) is 0 Å². The molecule has 30 heavy (non-hydrogen) atoms. The lowest BCUT2D eigenvalue weighted by Crippen LogP contribution is -2.46. The summed E-state index contributed by atoms with van der Waals surface area (Å²) in [5.41, 5.74) is 4.22. The molecule has 1 aliphatic heterocycles. The first-order valence-corrected chi connectivity index (χ1v) is 13.3. The van der Waals surface area contributed by atoms with E-state index in [2.05, 4.69) is 35.8 Å². The molecule has 2 aromatic carbocycles. The Bertz CT molecular complexity index is 1370. The van der Waals surface area contributed by atoms with E-state index in [1.165, 1.54) is 22.1 Å². The Balaban J connectivity index is 1.38. The molecule has 0 aliphatic carbocycles. The summed E-state index contributed by atoms with van der Waals surface area (Å²) in [6.07, 6.45) is 1.24. The minimum absolute atomic E-state index is 0.307. The second-order valence-electron chi connectivity index (χ2n) is 7.70. The van der Waals surface area contributed by atoms with Crippen LogP contribution in [0.25, 0.3) is 20.4 Å². The second kappa shape index (κ2) is 7.18. The molecule has 4 aromatic rings. The number of anilines is 2. The summed E-state index contributed by atoms with van der Waals surface area (Å²) in [5, 5.41) is 1.96. The second-order valence-corrected chi connectivity index (χ2v) is 11.7. The van der Waals surface area contributed by atoms with E-state index >= 15 is 0 Å². The number of nitrogens with zero attached hydrogens (tertiary/aromatic N) is 4. The summed E-state index contributed by atoms with van der Waals surface area (Å²) in [6, 6.07) is 9.68. The summed E-state index contributed by atoms with van der Waals surface area (Å²) in [6.45, 7) is 7.67. The lowest BCUT2D eigenvalue weighted by Gasteiger charge is -2.34. The van der Waals surface area contributed by atoms with Crippen LogP contribution in [-0.2, 0) is 9.84 Å². The van der Waals surface area contributed by atoms with Crippen molar-refractivity contribution in [3.8, 4) is 0 Å². The fourth-order valence-electron chi connectivity index (χ4n) is 3.78. The van der Waals surface area contributed by atoms with Crippen molar-refractivity contribution in [1.82, 2.24) is 9.97 Å².